The smallest absolute Gasteiger partial charge is 0.292 e. The van der Waals surface area contributed by atoms with Gasteiger partial charge in [0.15, 0.2) is 0 Å². The van der Waals surface area contributed by atoms with Gasteiger partial charge in [0.25, 0.3) is 5.69 Å². The van der Waals surface area contributed by atoms with Crippen LogP contribution in [-0.4, -0.2) is 10.8 Å². The number of amides is 1. The third-order valence-electron chi connectivity index (χ3n) is 3.26. The van der Waals surface area contributed by atoms with Crippen LogP contribution >= 0.6 is 11.6 Å². The van der Waals surface area contributed by atoms with Crippen molar-refractivity contribution < 1.29 is 9.72 Å². The van der Waals surface area contributed by atoms with Crippen LogP contribution < -0.4 is 5.32 Å². The lowest BCUT2D eigenvalue weighted by Crippen LogP contribution is -2.40. The largest absolute Gasteiger partial charge is 0.319 e. The molecule has 1 aromatic rings. The van der Waals surface area contributed by atoms with Gasteiger partial charge in [-0.05, 0) is 31.4 Å². The summed E-state index contributed by atoms with van der Waals surface area (Å²) in [5, 5.41) is 22.6. The summed E-state index contributed by atoms with van der Waals surface area (Å²) in [4.78, 5) is 22.3. The van der Waals surface area contributed by atoms with Crippen LogP contribution in [0, 0.1) is 26.9 Å². The van der Waals surface area contributed by atoms with Crippen LogP contribution in [0.3, 0.4) is 0 Å². The predicted octanol–water partition coefficient (Wildman–Crippen LogP) is 2.88. The molecule has 7 heteroatoms. The third-order valence-corrected chi connectivity index (χ3v) is 3.49. The predicted molar refractivity (Wildman–Crippen MR) is 68.6 cm³/mol. The molecule has 19 heavy (non-hydrogen) atoms. The zero-order valence-electron chi connectivity index (χ0n) is 9.85. The minimum atomic E-state index is -1.06. The molecule has 1 aliphatic carbocycles. The van der Waals surface area contributed by atoms with Crippen molar-refractivity contribution in [2.45, 2.75) is 19.3 Å². The SMILES string of the molecule is N#CC1(C(=O)Nc2cc(Cl)ccc2[N+](=O)[O-])CCC1. The summed E-state index contributed by atoms with van der Waals surface area (Å²) in [5.74, 6) is -0.508. The van der Waals surface area contributed by atoms with Crippen molar-refractivity contribution in [3.8, 4) is 6.07 Å². The van der Waals surface area contributed by atoms with E-state index >= 15 is 0 Å². The molecule has 0 bridgehead atoms. The summed E-state index contributed by atoms with van der Waals surface area (Å²) in [6.45, 7) is 0. The van der Waals surface area contributed by atoms with E-state index in [-0.39, 0.29) is 16.4 Å². The Morgan fingerprint density at radius 1 is 1.53 bits per heavy atom. The van der Waals surface area contributed by atoms with E-state index in [0.29, 0.717) is 12.8 Å². The van der Waals surface area contributed by atoms with Crippen LogP contribution in [0.5, 0.6) is 0 Å². The number of nitrogens with one attached hydrogen (secondary N) is 1. The number of hydrogen-bond acceptors (Lipinski definition) is 4. The molecule has 0 aromatic heterocycles. The maximum atomic E-state index is 12.0. The number of carbonyl (C=O) groups excluding carboxylic acids is 1. The monoisotopic (exact) mass is 279 g/mol. The van der Waals surface area contributed by atoms with Crippen molar-refractivity contribution in [2.24, 2.45) is 5.41 Å². The molecule has 0 aliphatic heterocycles. The molecular weight excluding hydrogens is 270 g/mol. The van der Waals surface area contributed by atoms with Gasteiger partial charge < -0.3 is 5.32 Å². The van der Waals surface area contributed by atoms with E-state index in [1.54, 1.807) is 0 Å². The highest BCUT2D eigenvalue weighted by Crippen LogP contribution is 2.41. The minimum absolute atomic E-state index is 0.0176. The normalized spacial score (nSPS) is 16.0. The van der Waals surface area contributed by atoms with Crippen LogP contribution in [0.1, 0.15) is 19.3 Å². The Labute approximate surface area is 114 Å². The van der Waals surface area contributed by atoms with Gasteiger partial charge in [0.2, 0.25) is 5.91 Å². The Morgan fingerprint density at radius 3 is 2.68 bits per heavy atom. The Hall–Kier alpha value is -2.13. The lowest BCUT2D eigenvalue weighted by atomic mass is 9.69. The molecule has 1 aromatic carbocycles. The summed E-state index contributed by atoms with van der Waals surface area (Å²) in [6, 6.07) is 5.88. The van der Waals surface area contributed by atoms with Gasteiger partial charge in [-0.1, -0.05) is 11.6 Å². The first-order valence-corrected chi connectivity index (χ1v) is 6.03. The van der Waals surface area contributed by atoms with Crippen molar-refractivity contribution in [2.75, 3.05) is 5.32 Å². The summed E-state index contributed by atoms with van der Waals surface area (Å²) >= 11 is 5.76. The van der Waals surface area contributed by atoms with Gasteiger partial charge in [0.1, 0.15) is 11.1 Å². The fourth-order valence-corrected chi connectivity index (χ4v) is 2.10. The maximum absolute atomic E-state index is 12.0. The minimum Gasteiger partial charge on any atom is -0.319 e. The number of nitrogens with zero attached hydrogens (tertiary/aromatic N) is 2. The second-order valence-corrected chi connectivity index (χ2v) is 4.86. The molecule has 1 fully saturated rings. The number of anilines is 1. The Morgan fingerprint density at radius 2 is 2.21 bits per heavy atom. The molecule has 1 N–H and O–H groups in total. The molecule has 0 heterocycles. The number of halogens is 1. The standard InChI is InChI=1S/C12H10ClN3O3/c13-8-2-3-10(16(18)19)9(6-8)15-11(17)12(7-14)4-1-5-12/h2-3,6H,1,4-5H2,(H,15,17). The summed E-state index contributed by atoms with van der Waals surface area (Å²) < 4.78 is 0. The van der Waals surface area contributed by atoms with Crippen molar-refractivity contribution in [3.05, 3.63) is 33.3 Å². The first-order valence-electron chi connectivity index (χ1n) is 5.65. The number of carbonyl (C=O) groups is 1. The van der Waals surface area contributed by atoms with Gasteiger partial charge >= 0.3 is 0 Å². The molecule has 98 valence electrons. The zero-order valence-corrected chi connectivity index (χ0v) is 10.6. The van der Waals surface area contributed by atoms with Crippen LogP contribution in [0.15, 0.2) is 18.2 Å². The molecule has 1 aliphatic rings. The number of hydrogen-bond donors (Lipinski definition) is 1. The van der Waals surface area contributed by atoms with Crippen LogP contribution in [0.25, 0.3) is 0 Å². The molecule has 1 amide bonds. The van der Waals surface area contributed by atoms with E-state index in [2.05, 4.69) is 5.32 Å². The van der Waals surface area contributed by atoms with E-state index in [4.69, 9.17) is 16.9 Å². The van der Waals surface area contributed by atoms with Gasteiger partial charge in [0.05, 0.1) is 11.0 Å². The van der Waals surface area contributed by atoms with Crippen LogP contribution in [0.4, 0.5) is 11.4 Å². The summed E-state index contributed by atoms with van der Waals surface area (Å²) in [6.07, 6.45) is 1.76. The average Bonchev–Trinajstić information content (AvgIpc) is 2.27. The van der Waals surface area contributed by atoms with Gasteiger partial charge in [-0.15, -0.1) is 0 Å². The molecule has 0 spiro atoms. The van der Waals surface area contributed by atoms with Gasteiger partial charge in [-0.3, -0.25) is 14.9 Å². The van der Waals surface area contributed by atoms with Crippen molar-refractivity contribution in [1.82, 2.24) is 0 Å². The average molecular weight is 280 g/mol. The highest BCUT2D eigenvalue weighted by molar-refractivity contribution is 6.31. The van der Waals surface area contributed by atoms with Crippen LogP contribution in [0.2, 0.25) is 5.02 Å². The van der Waals surface area contributed by atoms with Gasteiger partial charge in [-0.25, -0.2) is 0 Å². The lowest BCUT2D eigenvalue weighted by Gasteiger charge is -2.33. The van der Waals surface area contributed by atoms with E-state index in [1.165, 1.54) is 18.2 Å². The van der Waals surface area contributed by atoms with Gasteiger partial charge in [-0.2, -0.15) is 5.26 Å². The Balaban J connectivity index is 2.28. The van der Waals surface area contributed by atoms with E-state index < -0.39 is 16.2 Å². The number of rotatable bonds is 3. The summed E-state index contributed by atoms with van der Waals surface area (Å²) in [7, 11) is 0. The first kappa shape index (κ1) is 13.3. The number of nitro benzene ring substituents is 1. The van der Waals surface area contributed by atoms with E-state index in [0.717, 1.165) is 6.42 Å². The molecule has 1 saturated carbocycles. The molecule has 0 atom stereocenters. The molecular formula is C12H10ClN3O3. The molecule has 2 rings (SSSR count). The summed E-state index contributed by atoms with van der Waals surface area (Å²) in [5.41, 5.74) is -1.29. The van der Waals surface area contributed by atoms with E-state index in [1.807, 2.05) is 6.07 Å². The Kier molecular flexibility index (Phi) is 3.40. The number of benzene rings is 1. The molecule has 0 saturated heterocycles. The van der Waals surface area contributed by atoms with Crippen molar-refractivity contribution in [1.29, 1.82) is 5.26 Å². The fourth-order valence-electron chi connectivity index (χ4n) is 1.93. The fraction of sp³-hybridized carbons (Fsp3) is 0.333. The lowest BCUT2D eigenvalue weighted by molar-refractivity contribution is -0.383. The van der Waals surface area contributed by atoms with Gasteiger partial charge in [0, 0.05) is 11.1 Å². The zero-order chi connectivity index (χ0) is 14.0. The molecule has 0 radical (unpaired) electrons. The quantitative estimate of drug-likeness (QED) is 0.679. The van der Waals surface area contributed by atoms with Crippen molar-refractivity contribution in [3.63, 3.8) is 0 Å². The molecule has 0 unspecified atom stereocenters. The van der Waals surface area contributed by atoms with Crippen molar-refractivity contribution >= 4 is 28.9 Å². The maximum Gasteiger partial charge on any atom is 0.292 e. The topological polar surface area (TPSA) is 96.0 Å². The molecule has 6 nitrogen and oxygen atoms in total. The second-order valence-electron chi connectivity index (χ2n) is 4.42. The van der Waals surface area contributed by atoms with E-state index in [9.17, 15) is 14.9 Å². The highest BCUT2D eigenvalue weighted by Gasteiger charge is 2.45. The number of nitriles is 1. The highest BCUT2D eigenvalue weighted by atomic mass is 35.5. The number of nitro groups is 1. The third kappa shape index (κ3) is 2.37. The second kappa shape index (κ2) is 4.86. The Bertz CT molecular complexity index is 590. The first-order chi connectivity index (χ1) is 8.98. The van der Waals surface area contributed by atoms with Crippen LogP contribution in [-0.2, 0) is 4.79 Å².